The smallest absolute Gasteiger partial charge is 0.259 e. The van der Waals surface area contributed by atoms with E-state index in [9.17, 15) is 4.79 Å². The number of amidine groups is 1. The number of carbonyl (C=O) groups excluding carboxylic acids is 1. The van der Waals surface area contributed by atoms with E-state index in [0.29, 0.717) is 41.1 Å². The number of hydrogen-bond donors (Lipinski definition) is 0. The van der Waals surface area contributed by atoms with Crippen molar-refractivity contribution >= 4 is 46.0 Å². The van der Waals surface area contributed by atoms with Gasteiger partial charge in [0.15, 0.2) is 5.17 Å². The third-order valence-electron chi connectivity index (χ3n) is 3.81. The van der Waals surface area contributed by atoms with Crippen LogP contribution in [0.15, 0.2) is 47.5 Å². The fourth-order valence-electron chi connectivity index (χ4n) is 2.53. The number of halogens is 2. The zero-order valence-corrected chi connectivity index (χ0v) is 16.6. The normalized spacial score (nSPS) is 13.7. The Labute approximate surface area is 167 Å². The van der Waals surface area contributed by atoms with Gasteiger partial charge in [0.1, 0.15) is 5.75 Å². The Balaban J connectivity index is 1.65. The molecule has 4 nitrogen and oxygen atoms in total. The molecule has 0 saturated carbocycles. The van der Waals surface area contributed by atoms with Crippen LogP contribution in [-0.4, -0.2) is 35.7 Å². The summed E-state index contributed by atoms with van der Waals surface area (Å²) < 4.78 is 5.42. The number of amides is 1. The molecule has 7 heteroatoms. The fraction of sp³-hybridized carbons (Fsp3) is 0.263. The topological polar surface area (TPSA) is 41.9 Å². The van der Waals surface area contributed by atoms with Crippen molar-refractivity contribution in [2.75, 3.05) is 19.7 Å². The van der Waals surface area contributed by atoms with Crippen LogP contribution in [0.1, 0.15) is 22.8 Å². The summed E-state index contributed by atoms with van der Waals surface area (Å²) in [5, 5.41) is 1.79. The van der Waals surface area contributed by atoms with E-state index in [2.05, 4.69) is 4.99 Å². The van der Waals surface area contributed by atoms with Crippen molar-refractivity contribution in [1.29, 1.82) is 0 Å². The van der Waals surface area contributed by atoms with E-state index >= 15 is 0 Å². The largest absolute Gasteiger partial charge is 0.494 e. The van der Waals surface area contributed by atoms with Crippen molar-refractivity contribution in [3.8, 4) is 5.75 Å². The Kier molecular flexibility index (Phi) is 6.46. The molecule has 0 spiro atoms. The molecule has 26 heavy (non-hydrogen) atoms. The van der Waals surface area contributed by atoms with Crippen LogP contribution < -0.4 is 4.74 Å². The van der Waals surface area contributed by atoms with Gasteiger partial charge in [-0.05, 0) is 48.9 Å². The maximum Gasteiger partial charge on any atom is 0.259 e. The molecular weight excluding hydrogens is 391 g/mol. The van der Waals surface area contributed by atoms with Crippen LogP contribution in [0.2, 0.25) is 10.0 Å². The number of hydrogen-bond acceptors (Lipinski definition) is 4. The highest BCUT2D eigenvalue weighted by Crippen LogP contribution is 2.27. The van der Waals surface area contributed by atoms with Gasteiger partial charge >= 0.3 is 0 Å². The Morgan fingerprint density at radius 1 is 1.19 bits per heavy atom. The maximum absolute atomic E-state index is 12.8. The molecule has 3 rings (SSSR count). The molecule has 1 aliphatic rings. The monoisotopic (exact) mass is 408 g/mol. The van der Waals surface area contributed by atoms with Gasteiger partial charge in [0.05, 0.1) is 23.2 Å². The van der Waals surface area contributed by atoms with Crippen LogP contribution in [-0.2, 0) is 5.75 Å². The maximum atomic E-state index is 12.8. The third-order valence-corrected chi connectivity index (χ3v) is 5.64. The standard InChI is InChI=1S/C19H18Cl2N2O2S/c1-2-25-15-6-4-14(5-7-15)18(24)23-10-9-22-19(23)26-12-13-3-8-16(20)17(21)11-13/h3-8,11H,2,9-10,12H2,1H3. The highest BCUT2D eigenvalue weighted by atomic mass is 35.5. The molecular formula is C19H18Cl2N2O2S. The van der Waals surface area contributed by atoms with E-state index in [4.69, 9.17) is 27.9 Å². The van der Waals surface area contributed by atoms with Crippen molar-refractivity contribution in [3.05, 3.63) is 63.6 Å². The lowest BCUT2D eigenvalue weighted by Crippen LogP contribution is -2.32. The second kappa shape index (κ2) is 8.80. The molecule has 0 saturated heterocycles. The number of benzene rings is 2. The molecule has 1 amide bonds. The summed E-state index contributed by atoms with van der Waals surface area (Å²) in [5.74, 6) is 1.38. The number of rotatable bonds is 5. The van der Waals surface area contributed by atoms with E-state index in [1.165, 1.54) is 11.8 Å². The summed E-state index contributed by atoms with van der Waals surface area (Å²) in [6, 6.07) is 12.7. The minimum atomic E-state index is -0.0501. The highest BCUT2D eigenvalue weighted by Gasteiger charge is 2.25. The van der Waals surface area contributed by atoms with Crippen molar-refractivity contribution < 1.29 is 9.53 Å². The molecule has 0 aliphatic carbocycles. The van der Waals surface area contributed by atoms with Crippen LogP contribution in [0.3, 0.4) is 0 Å². The number of aliphatic imine (C=N–C) groups is 1. The van der Waals surface area contributed by atoms with Crippen LogP contribution >= 0.6 is 35.0 Å². The molecule has 136 valence electrons. The Morgan fingerprint density at radius 3 is 2.65 bits per heavy atom. The summed E-state index contributed by atoms with van der Waals surface area (Å²) in [6.45, 7) is 3.74. The first-order valence-corrected chi connectivity index (χ1v) is 9.98. The fourth-order valence-corrected chi connectivity index (χ4v) is 3.84. The molecule has 0 atom stereocenters. The number of ether oxygens (including phenoxy) is 1. The average molecular weight is 409 g/mol. The van der Waals surface area contributed by atoms with Gasteiger partial charge in [0.2, 0.25) is 0 Å². The molecule has 1 heterocycles. The summed E-state index contributed by atoms with van der Waals surface area (Å²) in [4.78, 5) is 19.0. The van der Waals surface area contributed by atoms with Gasteiger partial charge in [0.25, 0.3) is 5.91 Å². The minimum absolute atomic E-state index is 0.0501. The Hall–Kier alpha value is -1.69. The third kappa shape index (κ3) is 4.53. The lowest BCUT2D eigenvalue weighted by atomic mass is 10.2. The molecule has 0 bridgehead atoms. The summed E-state index contributed by atoms with van der Waals surface area (Å²) in [7, 11) is 0. The first kappa shape index (κ1) is 19.1. The average Bonchev–Trinajstić information content (AvgIpc) is 3.11. The molecule has 2 aromatic rings. The quantitative estimate of drug-likeness (QED) is 0.687. The first-order valence-electron chi connectivity index (χ1n) is 8.24. The number of carbonyl (C=O) groups is 1. The lowest BCUT2D eigenvalue weighted by Gasteiger charge is -2.18. The van der Waals surface area contributed by atoms with Crippen molar-refractivity contribution in [3.63, 3.8) is 0 Å². The predicted octanol–water partition coefficient (Wildman–Crippen LogP) is 5.14. The van der Waals surface area contributed by atoms with E-state index in [0.717, 1.165) is 16.5 Å². The van der Waals surface area contributed by atoms with E-state index in [-0.39, 0.29) is 5.91 Å². The number of thioether (sulfide) groups is 1. The zero-order chi connectivity index (χ0) is 18.5. The van der Waals surface area contributed by atoms with Gasteiger partial charge in [0, 0.05) is 17.9 Å². The summed E-state index contributed by atoms with van der Waals surface area (Å²) >= 11 is 13.5. The molecule has 0 fully saturated rings. The molecule has 0 radical (unpaired) electrons. The highest BCUT2D eigenvalue weighted by molar-refractivity contribution is 8.13. The van der Waals surface area contributed by atoms with E-state index in [1.54, 1.807) is 23.1 Å². The molecule has 0 aromatic heterocycles. The number of nitrogens with zero attached hydrogens (tertiary/aromatic N) is 2. The van der Waals surface area contributed by atoms with Gasteiger partial charge in [-0.1, -0.05) is 41.0 Å². The van der Waals surface area contributed by atoms with Gasteiger partial charge in [-0.2, -0.15) is 0 Å². The van der Waals surface area contributed by atoms with Crippen LogP contribution in [0, 0.1) is 0 Å². The van der Waals surface area contributed by atoms with Crippen LogP contribution in [0.4, 0.5) is 0 Å². The summed E-state index contributed by atoms with van der Waals surface area (Å²) in [6.07, 6.45) is 0. The molecule has 0 N–H and O–H groups in total. The van der Waals surface area contributed by atoms with Crippen molar-refractivity contribution in [1.82, 2.24) is 4.90 Å². The Morgan fingerprint density at radius 2 is 1.96 bits per heavy atom. The zero-order valence-electron chi connectivity index (χ0n) is 14.2. The summed E-state index contributed by atoms with van der Waals surface area (Å²) in [5.41, 5.74) is 1.66. The van der Waals surface area contributed by atoms with Gasteiger partial charge in [-0.3, -0.25) is 14.7 Å². The lowest BCUT2D eigenvalue weighted by molar-refractivity contribution is 0.0860. The predicted molar refractivity (Wildman–Crippen MR) is 109 cm³/mol. The molecule has 0 unspecified atom stereocenters. The van der Waals surface area contributed by atoms with Crippen molar-refractivity contribution in [2.24, 2.45) is 4.99 Å². The first-order chi connectivity index (χ1) is 12.6. The van der Waals surface area contributed by atoms with Crippen LogP contribution in [0.5, 0.6) is 5.75 Å². The van der Waals surface area contributed by atoms with E-state index < -0.39 is 0 Å². The second-order valence-electron chi connectivity index (χ2n) is 5.62. The van der Waals surface area contributed by atoms with Gasteiger partial charge in [-0.25, -0.2) is 0 Å². The molecule has 1 aliphatic heterocycles. The second-order valence-corrected chi connectivity index (χ2v) is 7.37. The minimum Gasteiger partial charge on any atom is -0.494 e. The van der Waals surface area contributed by atoms with Crippen LogP contribution in [0.25, 0.3) is 0 Å². The SMILES string of the molecule is CCOc1ccc(C(=O)N2CCN=C2SCc2ccc(Cl)c(Cl)c2)cc1. The van der Waals surface area contributed by atoms with Gasteiger partial charge in [-0.15, -0.1) is 0 Å². The molecule has 2 aromatic carbocycles. The Bertz CT molecular complexity index is 825. The van der Waals surface area contributed by atoms with E-state index in [1.807, 2.05) is 31.2 Å². The van der Waals surface area contributed by atoms with Gasteiger partial charge < -0.3 is 4.74 Å². The van der Waals surface area contributed by atoms with Crippen molar-refractivity contribution in [2.45, 2.75) is 12.7 Å².